The Balaban J connectivity index is 2.49. The molecular formula is C14H25N3O. The third-order valence-corrected chi connectivity index (χ3v) is 3.03. The summed E-state index contributed by atoms with van der Waals surface area (Å²) in [5, 5.41) is 9.39. The minimum absolute atomic E-state index is 0.161. The van der Waals surface area contributed by atoms with Crippen molar-refractivity contribution in [3.8, 4) is 5.75 Å². The third-order valence-electron chi connectivity index (χ3n) is 3.03. The van der Waals surface area contributed by atoms with E-state index < -0.39 is 0 Å². The minimum atomic E-state index is 0.161. The van der Waals surface area contributed by atoms with Crippen LogP contribution in [0.2, 0.25) is 0 Å². The van der Waals surface area contributed by atoms with Gasteiger partial charge in [-0.1, -0.05) is 13.0 Å². The maximum atomic E-state index is 9.39. The Hall–Kier alpha value is -1.26. The molecule has 4 heteroatoms. The predicted octanol–water partition coefficient (Wildman–Crippen LogP) is 1.75. The number of rotatable bonds is 7. The molecule has 0 spiro atoms. The third kappa shape index (κ3) is 4.94. The van der Waals surface area contributed by atoms with Gasteiger partial charge in [0.05, 0.1) is 5.69 Å². The van der Waals surface area contributed by atoms with Crippen molar-refractivity contribution in [3.05, 3.63) is 23.8 Å². The van der Waals surface area contributed by atoms with Crippen LogP contribution in [0.25, 0.3) is 0 Å². The second-order valence-corrected chi connectivity index (χ2v) is 4.92. The summed E-state index contributed by atoms with van der Waals surface area (Å²) >= 11 is 0. The number of nitrogens with two attached hydrogens (primary N) is 1. The van der Waals surface area contributed by atoms with Gasteiger partial charge in [-0.05, 0) is 57.8 Å². The molecule has 0 amide bonds. The van der Waals surface area contributed by atoms with Crippen LogP contribution in [-0.2, 0) is 6.54 Å². The van der Waals surface area contributed by atoms with Gasteiger partial charge in [0.2, 0.25) is 0 Å². The average molecular weight is 251 g/mol. The van der Waals surface area contributed by atoms with Crippen LogP contribution in [0.15, 0.2) is 18.2 Å². The summed E-state index contributed by atoms with van der Waals surface area (Å²) in [5.41, 5.74) is 7.31. The first kappa shape index (κ1) is 14.8. The van der Waals surface area contributed by atoms with E-state index in [2.05, 4.69) is 30.8 Å². The Morgan fingerprint density at radius 1 is 1.22 bits per heavy atom. The van der Waals surface area contributed by atoms with Crippen molar-refractivity contribution in [2.45, 2.75) is 19.9 Å². The van der Waals surface area contributed by atoms with E-state index in [1.54, 1.807) is 6.07 Å². The van der Waals surface area contributed by atoms with Crippen molar-refractivity contribution in [1.29, 1.82) is 0 Å². The number of hydrogen-bond donors (Lipinski definition) is 2. The summed E-state index contributed by atoms with van der Waals surface area (Å²) in [6.07, 6.45) is 1.16. The molecule has 0 aliphatic carbocycles. The van der Waals surface area contributed by atoms with E-state index in [1.807, 2.05) is 12.1 Å². The van der Waals surface area contributed by atoms with E-state index in [9.17, 15) is 5.11 Å². The first-order chi connectivity index (χ1) is 8.52. The quantitative estimate of drug-likeness (QED) is 0.572. The number of anilines is 1. The fraction of sp³-hybridized carbons (Fsp3) is 0.571. The maximum Gasteiger partial charge on any atom is 0.138 e. The number of aromatic hydroxyl groups is 1. The first-order valence-electron chi connectivity index (χ1n) is 6.47. The largest absolute Gasteiger partial charge is 0.506 e. The molecule has 0 aromatic heterocycles. The standard InChI is InChI=1S/C14H25N3O/c1-4-17(9-5-8-16(2)3)11-12-6-7-14(18)13(15)10-12/h6-7,10,18H,4-5,8-9,11,15H2,1-3H3. The number of nitrogen functional groups attached to an aromatic ring is 1. The van der Waals surface area contributed by atoms with E-state index in [0.29, 0.717) is 5.69 Å². The van der Waals surface area contributed by atoms with E-state index in [1.165, 1.54) is 0 Å². The fourth-order valence-electron chi connectivity index (χ4n) is 1.92. The lowest BCUT2D eigenvalue weighted by molar-refractivity contribution is 0.259. The topological polar surface area (TPSA) is 52.7 Å². The van der Waals surface area contributed by atoms with Crippen LogP contribution in [0.4, 0.5) is 5.69 Å². The molecule has 0 unspecified atom stereocenters. The van der Waals surface area contributed by atoms with E-state index in [-0.39, 0.29) is 5.75 Å². The van der Waals surface area contributed by atoms with Crippen LogP contribution >= 0.6 is 0 Å². The summed E-state index contributed by atoms with van der Waals surface area (Å²) in [5.74, 6) is 0.161. The zero-order valence-electron chi connectivity index (χ0n) is 11.7. The molecule has 4 nitrogen and oxygen atoms in total. The molecule has 0 saturated heterocycles. The highest BCUT2D eigenvalue weighted by Crippen LogP contribution is 2.21. The number of phenols is 1. The summed E-state index contributed by atoms with van der Waals surface area (Å²) in [6.45, 7) is 6.26. The lowest BCUT2D eigenvalue weighted by atomic mass is 10.1. The fourth-order valence-corrected chi connectivity index (χ4v) is 1.92. The summed E-state index contributed by atoms with van der Waals surface area (Å²) in [4.78, 5) is 4.59. The lowest BCUT2D eigenvalue weighted by Crippen LogP contribution is -2.26. The van der Waals surface area contributed by atoms with Gasteiger partial charge in [-0.3, -0.25) is 4.90 Å². The second-order valence-electron chi connectivity index (χ2n) is 4.92. The molecule has 1 aromatic carbocycles. The molecule has 0 saturated carbocycles. The van der Waals surface area contributed by atoms with Gasteiger partial charge in [0.1, 0.15) is 5.75 Å². The predicted molar refractivity (Wildman–Crippen MR) is 76.6 cm³/mol. The molecule has 3 N–H and O–H groups in total. The summed E-state index contributed by atoms with van der Waals surface area (Å²) < 4.78 is 0. The van der Waals surface area contributed by atoms with Crippen molar-refractivity contribution < 1.29 is 5.11 Å². The van der Waals surface area contributed by atoms with Gasteiger partial charge in [0.25, 0.3) is 0 Å². The lowest BCUT2D eigenvalue weighted by Gasteiger charge is -2.21. The van der Waals surface area contributed by atoms with Gasteiger partial charge in [-0.15, -0.1) is 0 Å². The molecule has 0 heterocycles. The van der Waals surface area contributed by atoms with Crippen LogP contribution in [0.5, 0.6) is 5.75 Å². The molecule has 18 heavy (non-hydrogen) atoms. The van der Waals surface area contributed by atoms with Gasteiger partial charge in [-0.2, -0.15) is 0 Å². The molecule has 1 rings (SSSR count). The van der Waals surface area contributed by atoms with Crippen LogP contribution in [0.3, 0.4) is 0 Å². The smallest absolute Gasteiger partial charge is 0.138 e. The van der Waals surface area contributed by atoms with Crippen molar-refractivity contribution in [2.24, 2.45) is 0 Å². The Morgan fingerprint density at radius 3 is 2.50 bits per heavy atom. The highest BCUT2D eigenvalue weighted by Gasteiger charge is 2.05. The number of phenolic OH excluding ortho intramolecular Hbond substituents is 1. The monoisotopic (exact) mass is 251 g/mol. The van der Waals surface area contributed by atoms with E-state index in [4.69, 9.17) is 5.73 Å². The molecule has 1 aromatic rings. The van der Waals surface area contributed by atoms with Crippen molar-refractivity contribution >= 4 is 5.69 Å². The Morgan fingerprint density at radius 2 is 1.94 bits per heavy atom. The molecule has 0 atom stereocenters. The number of benzene rings is 1. The van der Waals surface area contributed by atoms with Crippen molar-refractivity contribution in [3.63, 3.8) is 0 Å². The van der Waals surface area contributed by atoms with Gasteiger partial charge in [-0.25, -0.2) is 0 Å². The maximum absolute atomic E-state index is 9.39. The molecule has 102 valence electrons. The van der Waals surface area contributed by atoms with E-state index >= 15 is 0 Å². The first-order valence-corrected chi connectivity index (χ1v) is 6.47. The van der Waals surface area contributed by atoms with Gasteiger partial charge < -0.3 is 15.7 Å². The zero-order chi connectivity index (χ0) is 13.5. The van der Waals surface area contributed by atoms with Crippen molar-refractivity contribution in [2.75, 3.05) is 39.5 Å². The average Bonchev–Trinajstić information content (AvgIpc) is 2.32. The van der Waals surface area contributed by atoms with E-state index in [0.717, 1.165) is 38.2 Å². The Kier molecular flexibility index (Phi) is 5.95. The van der Waals surface area contributed by atoms with Crippen molar-refractivity contribution in [1.82, 2.24) is 9.80 Å². The SMILES string of the molecule is CCN(CCCN(C)C)Cc1ccc(O)c(N)c1. The minimum Gasteiger partial charge on any atom is -0.506 e. The highest BCUT2D eigenvalue weighted by molar-refractivity contribution is 5.53. The molecule has 0 aliphatic rings. The van der Waals surface area contributed by atoms with Crippen LogP contribution < -0.4 is 5.73 Å². The zero-order valence-corrected chi connectivity index (χ0v) is 11.7. The van der Waals surface area contributed by atoms with Crippen LogP contribution in [0.1, 0.15) is 18.9 Å². The Bertz CT molecular complexity index is 366. The van der Waals surface area contributed by atoms with Crippen LogP contribution in [-0.4, -0.2) is 48.6 Å². The highest BCUT2D eigenvalue weighted by atomic mass is 16.3. The molecular weight excluding hydrogens is 226 g/mol. The molecule has 0 fully saturated rings. The Labute approximate surface area is 110 Å². The van der Waals surface area contributed by atoms with Gasteiger partial charge >= 0.3 is 0 Å². The number of nitrogens with zero attached hydrogens (tertiary/aromatic N) is 2. The summed E-state index contributed by atoms with van der Waals surface area (Å²) in [7, 11) is 4.19. The van der Waals surface area contributed by atoms with Gasteiger partial charge in [0.15, 0.2) is 0 Å². The normalized spacial score (nSPS) is 11.4. The molecule has 0 aliphatic heterocycles. The number of hydrogen-bond acceptors (Lipinski definition) is 4. The molecule has 0 radical (unpaired) electrons. The molecule has 0 bridgehead atoms. The van der Waals surface area contributed by atoms with Crippen LogP contribution in [0, 0.1) is 0 Å². The second kappa shape index (κ2) is 7.24. The summed E-state index contributed by atoms with van der Waals surface area (Å²) in [6, 6.07) is 5.45. The van der Waals surface area contributed by atoms with Gasteiger partial charge in [0, 0.05) is 6.54 Å².